The van der Waals surface area contributed by atoms with Gasteiger partial charge in [0.05, 0.1) is 30.8 Å². The van der Waals surface area contributed by atoms with Crippen LogP contribution in [0.1, 0.15) is 19.1 Å². The normalized spacial score (nSPS) is 24.5. The van der Waals surface area contributed by atoms with E-state index in [1.54, 1.807) is 12.4 Å². The lowest BCUT2D eigenvalue weighted by atomic mass is 10.2. The van der Waals surface area contributed by atoms with E-state index in [1.807, 2.05) is 4.57 Å². The quantitative estimate of drug-likeness (QED) is 0.805. The molecule has 0 spiro atoms. The minimum Gasteiger partial charge on any atom is -0.493 e. The molecule has 2 atom stereocenters. The lowest BCUT2D eigenvalue weighted by molar-refractivity contribution is -0.0205. The Morgan fingerprint density at radius 1 is 1.41 bits per heavy atom. The van der Waals surface area contributed by atoms with Gasteiger partial charge in [-0.25, -0.2) is 9.97 Å². The average molecular weight is 235 g/mol. The average Bonchev–Trinajstić information content (AvgIpc) is 2.93. The maximum Gasteiger partial charge on any atom is 0.212 e. The smallest absolute Gasteiger partial charge is 0.212 e. The van der Waals surface area contributed by atoms with Crippen LogP contribution < -0.4 is 0 Å². The first-order chi connectivity index (χ1) is 8.28. The molecule has 17 heavy (non-hydrogen) atoms. The van der Waals surface area contributed by atoms with Gasteiger partial charge >= 0.3 is 0 Å². The van der Waals surface area contributed by atoms with Gasteiger partial charge < -0.3 is 19.5 Å². The van der Waals surface area contributed by atoms with Crippen molar-refractivity contribution < 1.29 is 14.9 Å². The van der Waals surface area contributed by atoms with Gasteiger partial charge in [0, 0.05) is 6.07 Å². The summed E-state index contributed by atoms with van der Waals surface area (Å²) < 4.78 is 7.54. The number of ether oxygens (including phenoxy) is 1. The molecule has 2 aromatic rings. The van der Waals surface area contributed by atoms with Crippen molar-refractivity contribution in [1.29, 1.82) is 0 Å². The van der Waals surface area contributed by atoms with E-state index >= 15 is 0 Å². The standard InChI is InChI=1S/C11H13N3O3/c15-5-7-1-2-11(17-7)14-6-13-8-4-12-10(16)3-9(8)14/h3-4,6-7,11,15H,1-2,5H2,(H,12,16)/t7-,11+/m0/s1. The Bertz CT molecular complexity index is 540. The molecule has 0 radical (unpaired) electrons. The number of aliphatic hydroxyl groups is 1. The fraction of sp³-hybridized carbons (Fsp3) is 0.455. The first-order valence-corrected chi connectivity index (χ1v) is 5.56. The van der Waals surface area contributed by atoms with Gasteiger partial charge in [0.1, 0.15) is 11.7 Å². The third-order valence-corrected chi connectivity index (χ3v) is 3.05. The molecule has 2 aromatic heterocycles. The van der Waals surface area contributed by atoms with Gasteiger partial charge in [-0.05, 0) is 12.8 Å². The van der Waals surface area contributed by atoms with Gasteiger partial charge in [-0.1, -0.05) is 0 Å². The zero-order valence-corrected chi connectivity index (χ0v) is 9.15. The molecule has 3 rings (SSSR count). The molecule has 1 saturated heterocycles. The second-order valence-corrected chi connectivity index (χ2v) is 4.16. The van der Waals surface area contributed by atoms with Crippen molar-refractivity contribution in [3.05, 3.63) is 18.6 Å². The van der Waals surface area contributed by atoms with Gasteiger partial charge in [-0.2, -0.15) is 0 Å². The molecule has 0 aliphatic carbocycles. The fourth-order valence-corrected chi connectivity index (χ4v) is 2.17. The van der Waals surface area contributed by atoms with Crippen LogP contribution >= 0.6 is 0 Å². The summed E-state index contributed by atoms with van der Waals surface area (Å²) in [5.74, 6) is -0.0315. The Labute approximate surface area is 97.5 Å². The van der Waals surface area contributed by atoms with Crippen LogP contribution in [-0.4, -0.2) is 37.5 Å². The molecular weight excluding hydrogens is 222 g/mol. The Kier molecular flexibility index (Phi) is 2.45. The molecule has 1 aliphatic heterocycles. The van der Waals surface area contributed by atoms with Gasteiger partial charge in [0.25, 0.3) is 0 Å². The SMILES string of the molecule is OC[C@@H]1CC[C@H](n2cnc3cnc(O)cc32)O1. The number of fused-ring (bicyclic) bond motifs is 1. The summed E-state index contributed by atoms with van der Waals surface area (Å²) >= 11 is 0. The van der Waals surface area contributed by atoms with Crippen molar-refractivity contribution >= 4 is 11.0 Å². The van der Waals surface area contributed by atoms with E-state index in [1.165, 1.54) is 6.20 Å². The zero-order valence-electron chi connectivity index (χ0n) is 9.15. The number of imidazole rings is 1. The summed E-state index contributed by atoms with van der Waals surface area (Å²) in [6, 6.07) is 1.57. The Morgan fingerprint density at radius 3 is 3.06 bits per heavy atom. The number of hydrogen-bond donors (Lipinski definition) is 2. The Morgan fingerprint density at radius 2 is 2.29 bits per heavy atom. The first kappa shape index (κ1) is 10.5. The van der Waals surface area contributed by atoms with E-state index in [-0.39, 0.29) is 24.8 Å². The van der Waals surface area contributed by atoms with Crippen molar-refractivity contribution in [3.63, 3.8) is 0 Å². The molecule has 0 saturated carbocycles. The molecule has 6 heteroatoms. The van der Waals surface area contributed by atoms with Crippen LogP contribution in [0.25, 0.3) is 11.0 Å². The summed E-state index contributed by atoms with van der Waals surface area (Å²) in [4.78, 5) is 7.98. The topological polar surface area (TPSA) is 80.4 Å². The maximum atomic E-state index is 9.38. The maximum absolute atomic E-state index is 9.38. The molecule has 6 nitrogen and oxygen atoms in total. The van der Waals surface area contributed by atoms with E-state index in [0.717, 1.165) is 23.9 Å². The second kappa shape index (κ2) is 3.97. The van der Waals surface area contributed by atoms with Crippen LogP contribution in [0.2, 0.25) is 0 Å². The monoisotopic (exact) mass is 235 g/mol. The van der Waals surface area contributed by atoms with Crippen molar-refractivity contribution in [3.8, 4) is 5.88 Å². The van der Waals surface area contributed by atoms with Crippen LogP contribution in [0.4, 0.5) is 0 Å². The summed E-state index contributed by atoms with van der Waals surface area (Å²) in [6.45, 7) is 0.0376. The molecule has 0 unspecified atom stereocenters. The first-order valence-electron chi connectivity index (χ1n) is 5.56. The van der Waals surface area contributed by atoms with Crippen molar-refractivity contribution in [2.24, 2.45) is 0 Å². The van der Waals surface area contributed by atoms with Crippen LogP contribution in [-0.2, 0) is 4.74 Å². The van der Waals surface area contributed by atoms with E-state index in [9.17, 15) is 5.11 Å². The highest BCUT2D eigenvalue weighted by Crippen LogP contribution is 2.31. The molecule has 2 N–H and O–H groups in total. The van der Waals surface area contributed by atoms with Crippen LogP contribution in [0, 0.1) is 0 Å². The van der Waals surface area contributed by atoms with Crippen molar-refractivity contribution in [2.45, 2.75) is 25.2 Å². The number of hydrogen-bond acceptors (Lipinski definition) is 5. The minimum absolute atomic E-state index is 0.0315. The molecule has 0 amide bonds. The molecule has 1 fully saturated rings. The van der Waals surface area contributed by atoms with E-state index < -0.39 is 0 Å². The molecule has 90 valence electrons. The van der Waals surface area contributed by atoms with Gasteiger partial charge in [0.15, 0.2) is 0 Å². The highest BCUT2D eigenvalue weighted by Gasteiger charge is 2.26. The molecule has 3 heterocycles. The minimum atomic E-state index is -0.126. The van der Waals surface area contributed by atoms with Crippen LogP contribution in [0.3, 0.4) is 0 Å². The van der Waals surface area contributed by atoms with Crippen molar-refractivity contribution in [1.82, 2.24) is 14.5 Å². The highest BCUT2D eigenvalue weighted by molar-refractivity contribution is 5.75. The number of aliphatic hydroxyl groups excluding tert-OH is 1. The third-order valence-electron chi connectivity index (χ3n) is 3.05. The summed E-state index contributed by atoms with van der Waals surface area (Å²) in [5.41, 5.74) is 1.51. The number of aromatic nitrogens is 3. The number of aromatic hydroxyl groups is 1. The molecule has 1 aliphatic rings. The van der Waals surface area contributed by atoms with E-state index in [0.29, 0.717) is 0 Å². The lowest BCUT2D eigenvalue weighted by Crippen LogP contribution is -2.13. The predicted molar refractivity (Wildman–Crippen MR) is 59.4 cm³/mol. The number of rotatable bonds is 2. The predicted octanol–water partition coefficient (Wildman–Crippen LogP) is 0.807. The molecule has 0 bridgehead atoms. The molecule has 0 aromatic carbocycles. The highest BCUT2D eigenvalue weighted by atomic mass is 16.5. The summed E-state index contributed by atoms with van der Waals surface area (Å²) in [5, 5.41) is 18.4. The van der Waals surface area contributed by atoms with E-state index in [2.05, 4.69) is 9.97 Å². The molecular formula is C11H13N3O3. The van der Waals surface area contributed by atoms with Crippen LogP contribution in [0.5, 0.6) is 5.88 Å². The fourth-order valence-electron chi connectivity index (χ4n) is 2.17. The Balaban J connectivity index is 1.98. The van der Waals surface area contributed by atoms with Crippen LogP contribution in [0.15, 0.2) is 18.6 Å². The number of nitrogens with zero attached hydrogens (tertiary/aromatic N) is 3. The second-order valence-electron chi connectivity index (χ2n) is 4.16. The largest absolute Gasteiger partial charge is 0.493 e. The van der Waals surface area contributed by atoms with Crippen molar-refractivity contribution in [2.75, 3.05) is 6.61 Å². The van der Waals surface area contributed by atoms with Gasteiger partial charge in [-0.15, -0.1) is 0 Å². The van der Waals surface area contributed by atoms with Gasteiger partial charge in [0.2, 0.25) is 5.88 Å². The summed E-state index contributed by atoms with van der Waals surface area (Å²) in [6.07, 6.45) is 4.64. The number of pyridine rings is 1. The lowest BCUT2D eigenvalue weighted by Gasteiger charge is -2.14. The zero-order chi connectivity index (χ0) is 11.8. The Hall–Kier alpha value is -1.66. The third kappa shape index (κ3) is 1.75. The van der Waals surface area contributed by atoms with Gasteiger partial charge in [-0.3, -0.25) is 0 Å². The van der Waals surface area contributed by atoms with E-state index in [4.69, 9.17) is 9.84 Å². The summed E-state index contributed by atoms with van der Waals surface area (Å²) in [7, 11) is 0.